The Morgan fingerprint density at radius 3 is 2.21 bits per heavy atom. The number of hydrogen-bond donors (Lipinski definition) is 0. The molecule has 0 bridgehead atoms. The zero-order valence-corrected chi connectivity index (χ0v) is 17.8. The van der Waals surface area contributed by atoms with Crippen LogP contribution in [-0.4, -0.2) is 49.9 Å². The monoisotopic (exact) mass is 400 g/mol. The van der Waals surface area contributed by atoms with Gasteiger partial charge in [-0.3, -0.25) is 0 Å². The van der Waals surface area contributed by atoms with Crippen molar-refractivity contribution in [2.45, 2.75) is 36.2 Å². The molecule has 0 aliphatic carbocycles. The highest BCUT2D eigenvalue weighted by Gasteiger charge is 2.26. The zero-order valence-electron chi connectivity index (χ0n) is 17.0. The molecule has 0 atom stereocenters. The number of carbonyl (C=O) groups excluding carboxylic acids is 1. The highest BCUT2D eigenvalue weighted by molar-refractivity contribution is 7.99. The number of rotatable bonds is 4. The van der Waals surface area contributed by atoms with Gasteiger partial charge in [0.05, 0.1) is 12.8 Å². The summed E-state index contributed by atoms with van der Waals surface area (Å²) in [5.74, 6) is 0.857. The molecule has 2 aromatic rings. The van der Waals surface area contributed by atoms with Gasteiger partial charge in [0.25, 0.3) is 0 Å². The summed E-state index contributed by atoms with van der Waals surface area (Å²) in [4.78, 5) is 18.8. The normalized spacial score (nSPS) is 14.7. The van der Waals surface area contributed by atoms with Gasteiger partial charge in [-0.15, -0.1) is 0 Å². The van der Waals surface area contributed by atoms with Crippen LogP contribution in [0.2, 0.25) is 0 Å². The van der Waals surface area contributed by atoms with Crippen molar-refractivity contribution in [1.29, 1.82) is 0 Å². The van der Waals surface area contributed by atoms with Crippen LogP contribution in [-0.2, 0) is 4.74 Å². The van der Waals surface area contributed by atoms with E-state index in [4.69, 9.17) is 9.47 Å². The van der Waals surface area contributed by atoms with Crippen LogP contribution < -0.4 is 9.64 Å². The van der Waals surface area contributed by atoms with Crippen molar-refractivity contribution in [3.63, 3.8) is 0 Å². The summed E-state index contributed by atoms with van der Waals surface area (Å²) in [5.41, 5.74) is 0.739. The maximum Gasteiger partial charge on any atom is 0.410 e. The second-order valence-electron chi connectivity index (χ2n) is 7.70. The average Bonchev–Trinajstić information content (AvgIpc) is 2.68. The molecule has 3 rings (SSSR count). The Morgan fingerprint density at radius 2 is 1.61 bits per heavy atom. The van der Waals surface area contributed by atoms with E-state index in [-0.39, 0.29) is 6.09 Å². The van der Waals surface area contributed by atoms with Gasteiger partial charge in [0.1, 0.15) is 11.4 Å². The van der Waals surface area contributed by atoms with Crippen LogP contribution in [0.3, 0.4) is 0 Å². The molecule has 5 nitrogen and oxygen atoms in total. The molecule has 150 valence electrons. The first kappa shape index (κ1) is 20.4. The van der Waals surface area contributed by atoms with Gasteiger partial charge in [0, 0.05) is 36.0 Å². The largest absolute Gasteiger partial charge is 0.497 e. The predicted octanol–water partition coefficient (Wildman–Crippen LogP) is 4.90. The van der Waals surface area contributed by atoms with E-state index in [0.717, 1.165) is 18.8 Å². The van der Waals surface area contributed by atoms with Crippen LogP contribution in [0.4, 0.5) is 10.5 Å². The zero-order chi connectivity index (χ0) is 20.1. The smallest absolute Gasteiger partial charge is 0.410 e. The molecule has 0 spiro atoms. The second-order valence-corrected chi connectivity index (χ2v) is 8.82. The van der Waals surface area contributed by atoms with Gasteiger partial charge in [-0.1, -0.05) is 23.9 Å². The number of anilines is 1. The maximum atomic E-state index is 12.3. The molecular weight excluding hydrogens is 372 g/mol. The number of ether oxygens (including phenoxy) is 2. The van der Waals surface area contributed by atoms with Crippen LogP contribution in [0, 0.1) is 0 Å². The predicted molar refractivity (Wildman–Crippen MR) is 114 cm³/mol. The minimum atomic E-state index is -0.462. The Morgan fingerprint density at radius 1 is 0.964 bits per heavy atom. The van der Waals surface area contributed by atoms with E-state index < -0.39 is 5.60 Å². The van der Waals surface area contributed by atoms with Crippen molar-refractivity contribution in [2.24, 2.45) is 0 Å². The lowest BCUT2D eigenvalue weighted by Crippen LogP contribution is -2.50. The van der Waals surface area contributed by atoms with Gasteiger partial charge in [-0.25, -0.2) is 4.79 Å². The number of para-hydroxylation sites is 1. The molecule has 0 aromatic heterocycles. The fourth-order valence-electron chi connectivity index (χ4n) is 3.03. The SMILES string of the molecule is COc1ccc(Sc2ccccc2N2CCN(C(=O)OC(C)(C)C)CC2)cc1. The first-order valence-electron chi connectivity index (χ1n) is 9.49. The van der Waals surface area contributed by atoms with Crippen LogP contribution in [0.15, 0.2) is 58.3 Å². The van der Waals surface area contributed by atoms with E-state index in [1.807, 2.05) is 32.9 Å². The van der Waals surface area contributed by atoms with E-state index in [1.165, 1.54) is 15.5 Å². The summed E-state index contributed by atoms with van der Waals surface area (Å²) >= 11 is 1.74. The minimum absolute atomic E-state index is 0.229. The molecule has 1 aliphatic rings. The van der Waals surface area contributed by atoms with E-state index >= 15 is 0 Å². The molecule has 6 heteroatoms. The highest BCUT2D eigenvalue weighted by atomic mass is 32.2. The quantitative estimate of drug-likeness (QED) is 0.730. The third-order valence-electron chi connectivity index (χ3n) is 4.42. The summed E-state index contributed by atoms with van der Waals surface area (Å²) in [6.45, 7) is 8.60. The van der Waals surface area contributed by atoms with Gasteiger partial charge >= 0.3 is 6.09 Å². The molecule has 0 radical (unpaired) electrons. The summed E-state index contributed by atoms with van der Waals surface area (Å²) in [7, 11) is 1.67. The van der Waals surface area contributed by atoms with Crippen molar-refractivity contribution in [3.8, 4) is 5.75 Å². The molecule has 0 N–H and O–H groups in total. The maximum absolute atomic E-state index is 12.3. The lowest BCUT2D eigenvalue weighted by atomic mass is 10.2. The Bertz CT molecular complexity index is 794. The van der Waals surface area contributed by atoms with E-state index in [2.05, 4.69) is 41.3 Å². The van der Waals surface area contributed by atoms with Gasteiger partial charge < -0.3 is 19.3 Å². The van der Waals surface area contributed by atoms with Gasteiger partial charge in [-0.2, -0.15) is 0 Å². The minimum Gasteiger partial charge on any atom is -0.497 e. The molecular formula is C22H28N2O3S. The Labute approximate surface area is 171 Å². The van der Waals surface area contributed by atoms with Crippen molar-refractivity contribution in [2.75, 3.05) is 38.2 Å². The summed E-state index contributed by atoms with van der Waals surface area (Å²) < 4.78 is 10.7. The topological polar surface area (TPSA) is 42.0 Å². The molecule has 2 aromatic carbocycles. The average molecular weight is 401 g/mol. The molecule has 1 heterocycles. The molecule has 0 unspecified atom stereocenters. The fraction of sp³-hybridized carbons (Fsp3) is 0.409. The number of nitrogens with zero attached hydrogens (tertiary/aromatic N) is 2. The molecule has 0 saturated carbocycles. The number of amides is 1. The lowest BCUT2D eigenvalue weighted by molar-refractivity contribution is 0.0240. The number of benzene rings is 2. The number of piperazine rings is 1. The number of hydrogen-bond acceptors (Lipinski definition) is 5. The first-order valence-corrected chi connectivity index (χ1v) is 10.3. The summed E-state index contributed by atoms with van der Waals surface area (Å²) in [6, 6.07) is 16.5. The third-order valence-corrected chi connectivity index (χ3v) is 5.50. The third kappa shape index (κ3) is 5.35. The van der Waals surface area contributed by atoms with Crippen molar-refractivity contribution in [1.82, 2.24) is 4.90 Å². The molecule has 1 aliphatic heterocycles. The van der Waals surface area contributed by atoms with Crippen LogP contribution >= 0.6 is 11.8 Å². The fourth-order valence-corrected chi connectivity index (χ4v) is 4.01. The number of carbonyl (C=O) groups is 1. The standard InChI is InChI=1S/C22H28N2O3S/c1-22(2,3)27-21(25)24-15-13-23(14-16-24)19-7-5-6-8-20(19)28-18-11-9-17(26-4)10-12-18/h5-12H,13-16H2,1-4H3. The van der Waals surface area contributed by atoms with Gasteiger partial charge in [0.15, 0.2) is 0 Å². The van der Waals surface area contributed by atoms with Crippen LogP contribution in [0.1, 0.15) is 20.8 Å². The lowest BCUT2D eigenvalue weighted by Gasteiger charge is -2.37. The van der Waals surface area contributed by atoms with E-state index in [0.29, 0.717) is 13.1 Å². The summed E-state index contributed by atoms with van der Waals surface area (Å²) in [6.07, 6.45) is -0.229. The van der Waals surface area contributed by atoms with Crippen molar-refractivity contribution < 1.29 is 14.3 Å². The Hall–Kier alpha value is -2.34. The van der Waals surface area contributed by atoms with Crippen LogP contribution in [0.5, 0.6) is 5.75 Å². The van der Waals surface area contributed by atoms with E-state index in [1.54, 1.807) is 23.8 Å². The molecule has 1 saturated heterocycles. The second kappa shape index (κ2) is 8.78. The van der Waals surface area contributed by atoms with Gasteiger partial charge in [0.2, 0.25) is 0 Å². The summed E-state index contributed by atoms with van der Waals surface area (Å²) in [5, 5.41) is 0. The Balaban J connectivity index is 1.66. The molecule has 1 amide bonds. The molecule has 28 heavy (non-hydrogen) atoms. The highest BCUT2D eigenvalue weighted by Crippen LogP contribution is 2.36. The Kier molecular flexibility index (Phi) is 6.39. The number of methoxy groups -OCH3 is 1. The van der Waals surface area contributed by atoms with Crippen molar-refractivity contribution >= 4 is 23.5 Å². The van der Waals surface area contributed by atoms with Crippen molar-refractivity contribution in [3.05, 3.63) is 48.5 Å². The molecule has 1 fully saturated rings. The van der Waals surface area contributed by atoms with Gasteiger partial charge in [-0.05, 0) is 57.2 Å². The van der Waals surface area contributed by atoms with E-state index in [9.17, 15) is 4.79 Å². The first-order chi connectivity index (χ1) is 13.4. The van der Waals surface area contributed by atoms with Crippen LogP contribution in [0.25, 0.3) is 0 Å².